The zero-order valence-corrected chi connectivity index (χ0v) is 19.1. The van der Waals surface area contributed by atoms with Crippen LogP contribution in [0.2, 0.25) is 5.02 Å². The van der Waals surface area contributed by atoms with Crippen LogP contribution in [0.3, 0.4) is 0 Å². The van der Waals surface area contributed by atoms with Crippen molar-refractivity contribution in [2.24, 2.45) is 0 Å². The minimum absolute atomic E-state index is 0. The van der Waals surface area contributed by atoms with Gasteiger partial charge in [0.15, 0.2) is 0 Å². The molecular formula is C23H26Cl2N4O2. The van der Waals surface area contributed by atoms with Crippen LogP contribution < -0.4 is 15.4 Å². The lowest BCUT2D eigenvalue weighted by molar-refractivity contribution is 0.102. The highest BCUT2D eigenvalue weighted by atomic mass is 35.5. The molecular weight excluding hydrogens is 435 g/mol. The highest BCUT2D eigenvalue weighted by Crippen LogP contribution is 2.31. The lowest BCUT2D eigenvalue weighted by atomic mass is 9.91. The van der Waals surface area contributed by atoms with E-state index in [1.54, 1.807) is 19.4 Å². The van der Waals surface area contributed by atoms with Crippen LogP contribution in [0.1, 0.15) is 40.4 Å². The Morgan fingerprint density at radius 3 is 2.55 bits per heavy atom. The summed E-state index contributed by atoms with van der Waals surface area (Å²) in [5.41, 5.74) is 4.08. The van der Waals surface area contributed by atoms with E-state index in [2.05, 4.69) is 15.7 Å². The number of aryl methyl sites for hydroxylation is 1. The van der Waals surface area contributed by atoms with Gasteiger partial charge in [-0.15, -0.1) is 12.4 Å². The van der Waals surface area contributed by atoms with Gasteiger partial charge in [0, 0.05) is 16.6 Å². The van der Waals surface area contributed by atoms with Gasteiger partial charge in [-0.1, -0.05) is 17.7 Å². The molecule has 0 saturated carbocycles. The van der Waals surface area contributed by atoms with Crippen LogP contribution in [0.5, 0.6) is 5.75 Å². The number of nitrogens with zero attached hydrogens (tertiary/aromatic N) is 2. The van der Waals surface area contributed by atoms with Crippen molar-refractivity contribution >= 4 is 35.6 Å². The fourth-order valence-corrected chi connectivity index (χ4v) is 4.00. The number of rotatable bonds is 5. The fourth-order valence-electron chi connectivity index (χ4n) is 3.82. The molecule has 1 saturated heterocycles. The van der Waals surface area contributed by atoms with Gasteiger partial charge in [0.1, 0.15) is 5.75 Å². The largest absolute Gasteiger partial charge is 0.497 e. The minimum atomic E-state index is -0.178. The second-order valence-electron chi connectivity index (χ2n) is 7.50. The minimum Gasteiger partial charge on any atom is -0.497 e. The van der Waals surface area contributed by atoms with Gasteiger partial charge in [0.25, 0.3) is 5.91 Å². The zero-order chi connectivity index (χ0) is 21.1. The van der Waals surface area contributed by atoms with Crippen molar-refractivity contribution in [2.75, 3.05) is 25.5 Å². The highest BCUT2D eigenvalue weighted by molar-refractivity contribution is 6.31. The Morgan fingerprint density at radius 2 is 1.90 bits per heavy atom. The van der Waals surface area contributed by atoms with Gasteiger partial charge >= 0.3 is 0 Å². The van der Waals surface area contributed by atoms with E-state index in [1.807, 2.05) is 48.0 Å². The SMILES string of the molecule is COc1ccc(-n2ncc(C(=O)Nc3ccc(C)c(Cl)c3)c2C2CCNCC2)cc1.Cl. The monoisotopic (exact) mass is 460 g/mol. The molecule has 6 nitrogen and oxygen atoms in total. The first kappa shape index (κ1) is 23.1. The van der Waals surface area contributed by atoms with E-state index >= 15 is 0 Å². The molecule has 4 rings (SSSR count). The van der Waals surface area contributed by atoms with Crippen molar-refractivity contribution in [1.82, 2.24) is 15.1 Å². The van der Waals surface area contributed by atoms with Crippen LogP contribution >= 0.6 is 24.0 Å². The predicted molar refractivity (Wildman–Crippen MR) is 126 cm³/mol. The average molecular weight is 461 g/mol. The van der Waals surface area contributed by atoms with Gasteiger partial charge in [-0.2, -0.15) is 5.10 Å². The number of ether oxygens (including phenoxy) is 1. The standard InChI is InChI=1S/C23H25ClN4O2.ClH/c1-15-3-4-17(13-21(15)24)27-23(29)20-14-26-28(18-5-7-19(30-2)8-6-18)22(20)16-9-11-25-12-10-16;/h3-8,13-14,16,25H,9-12H2,1-2H3,(H,27,29);1H. The molecule has 0 radical (unpaired) electrons. The molecule has 0 bridgehead atoms. The normalized spacial score (nSPS) is 14.0. The number of hydrogen-bond acceptors (Lipinski definition) is 4. The molecule has 1 amide bonds. The predicted octanol–water partition coefficient (Wildman–Crippen LogP) is 4.98. The first-order valence-corrected chi connectivity index (χ1v) is 10.4. The molecule has 1 aliphatic rings. The Labute approximate surface area is 193 Å². The number of benzene rings is 2. The summed E-state index contributed by atoms with van der Waals surface area (Å²) in [7, 11) is 1.64. The number of aromatic nitrogens is 2. The summed E-state index contributed by atoms with van der Waals surface area (Å²) < 4.78 is 7.15. The third kappa shape index (κ3) is 5.03. The van der Waals surface area contributed by atoms with Crippen LogP contribution in [0.25, 0.3) is 5.69 Å². The Bertz CT molecular complexity index is 1040. The summed E-state index contributed by atoms with van der Waals surface area (Å²) in [4.78, 5) is 13.2. The van der Waals surface area contributed by atoms with E-state index in [0.717, 1.165) is 48.6 Å². The molecule has 2 aromatic carbocycles. The Balaban J connectivity index is 0.00000272. The van der Waals surface area contributed by atoms with E-state index in [1.165, 1.54) is 0 Å². The van der Waals surface area contributed by atoms with Crippen molar-refractivity contribution in [3.63, 3.8) is 0 Å². The Kier molecular flexibility index (Phi) is 7.59. The lowest BCUT2D eigenvalue weighted by Gasteiger charge is -2.24. The molecule has 31 heavy (non-hydrogen) atoms. The molecule has 8 heteroatoms. The summed E-state index contributed by atoms with van der Waals surface area (Å²) >= 11 is 6.22. The second kappa shape index (κ2) is 10.2. The van der Waals surface area contributed by atoms with Gasteiger partial charge < -0.3 is 15.4 Å². The molecule has 0 aliphatic carbocycles. The van der Waals surface area contributed by atoms with Crippen molar-refractivity contribution in [2.45, 2.75) is 25.7 Å². The topological polar surface area (TPSA) is 68.2 Å². The third-order valence-electron chi connectivity index (χ3n) is 5.52. The third-order valence-corrected chi connectivity index (χ3v) is 5.93. The van der Waals surface area contributed by atoms with E-state index in [0.29, 0.717) is 16.3 Å². The first-order chi connectivity index (χ1) is 14.6. The molecule has 0 spiro atoms. The van der Waals surface area contributed by atoms with Crippen LogP contribution in [0, 0.1) is 6.92 Å². The van der Waals surface area contributed by atoms with Gasteiger partial charge in [-0.3, -0.25) is 4.79 Å². The fraction of sp³-hybridized carbons (Fsp3) is 0.304. The number of carbonyl (C=O) groups is 1. The van der Waals surface area contributed by atoms with E-state index in [9.17, 15) is 4.79 Å². The maximum atomic E-state index is 13.2. The van der Waals surface area contributed by atoms with Crippen LogP contribution in [0.4, 0.5) is 5.69 Å². The van der Waals surface area contributed by atoms with Gasteiger partial charge in [0.05, 0.1) is 30.3 Å². The number of nitrogens with one attached hydrogen (secondary N) is 2. The van der Waals surface area contributed by atoms with Crippen LogP contribution in [-0.2, 0) is 0 Å². The number of halogens is 2. The number of anilines is 1. The molecule has 1 fully saturated rings. The van der Waals surface area contributed by atoms with Crippen molar-refractivity contribution in [1.29, 1.82) is 0 Å². The average Bonchev–Trinajstić information content (AvgIpc) is 3.22. The van der Waals surface area contributed by atoms with Gasteiger partial charge in [-0.05, 0) is 74.8 Å². The van der Waals surface area contributed by atoms with Crippen molar-refractivity contribution in [3.05, 3.63) is 70.5 Å². The number of amides is 1. The Hall–Kier alpha value is -2.54. The lowest BCUT2D eigenvalue weighted by Crippen LogP contribution is -2.29. The smallest absolute Gasteiger partial charge is 0.259 e. The Morgan fingerprint density at radius 1 is 1.19 bits per heavy atom. The first-order valence-electron chi connectivity index (χ1n) is 10.1. The highest BCUT2D eigenvalue weighted by Gasteiger charge is 2.27. The molecule has 2 N–H and O–H groups in total. The zero-order valence-electron chi connectivity index (χ0n) is 17.5. The molecule has 164 valence electrons. The molecule has 1 aromatic heterocycles. The summed E-state index contributed by atoms with van der Waals surface area (Å²) in [6, 6.07) is 13.2. The van der Waals surface area contributed by atoms with E-state index in [4.69, 9.17) is 16.3 Å². The van der Waals surface area contributed by atoms with Crippen LogP contribution in [-0.4, -0.2) is 35.9 Å². The van der Waals surface area contributed by atoms with Crippen molar-refractivity contribution in [3.8, 4) is 11.4 Å². The molecule has 3 aromatic rings. The molecule has 0 atom stereocenters. The molecule has 2 heterocycles. The quantitative estimate of drug-likeness (QED) is 0.562. The number of hydrogen-bond donors (Lipinski definition) is 2. The van der Waals surface area contributed by atoms with Gasteiger partial charge in [-0.25, -0.2) is 4.68 Å². The van der Waals surface area contributed by atoms with Gasteiger partial charge in [0.2, 0.25) is 0 Å². The summed E-state index contributed by atoms with van der Waals surface area (Å²) in [5.74, 6) is 0.852. The second-order valence-corrected chi connectivity index (χ2v) is 7.90. The summed E-state index contributed by atoms with van der Waals surface area (Å²) in [6.07, 6.45) is 3.57. The van der Waals surface area contributed by atoms with Crippen molar-refractivity contribution < 1.29 is 9.53 Å². The maximum absolute atomic E-state index is 13.2. The maximum Gasteiger partial charge on any atom is 0.259 e. The van der Waals surface area contributed by atoms with E-state index in [-0.39, 0.29) is 24.2 Å². The van der Waals surface area contributed by atoms with Crippen LogP contribution in [0.15, 0.2) is 48.7 Å². The molecule has 1 aliphatic heterocycles. The van der Waals surface area contributed by atoms with E-state index < -0.39 is 0 Å². The molecule has 0 unspecified atom stereocenters. The summed E-state index contributed by atoms with van der Waals surface area (Å²) in [5, 5.41) is 11.6. The number of carbonyl (C=O) groups excluding carboxylic acids is 1. The number of methoxy groups -OCH3 is 1. The number of piperidine rings is 1. The summed E-state index contributed by atoms with van der Waals surface area (Å²) in [6.45, 7) is 3.78.